The van der Waals surface area contributed by atoms with Gasteiger partial charge in [0.2, 0.25) is 10.0 Å². The second-order valence-corrected chi connectivity index (χ2v) is 6.92. The van der Waals surface area contributed by atoms with Crippen LogP contribution in [0.15, 0.2) is 0 Å². The summed E-state index contributed by atoms with van der Waals surface area (Å²) in [6, 6.07) is 0. The summed E-state index contributed by atoms with van der Waals surface area (Å²) in [5.41, 5.74) is 0. The molecule has 0 fully saturated rings. The first-order valence-electron chi connectivity index (χ1n) is 4.41. The lowest BCUT2D eigenvalue weighted by Gasteiger charge is -2.11. The Morgan fingerprint density at radius 2 is 1.85 bits per heavy atom. The lowest BCUT2D eigenvalue weighted by atomic mass is 10.3. The Morgan fingerprint density at radius 3 is 2.23 bits per heavy atom. The molecule has 0 saturated carbocycles. The Hall–Kier alpha value is 0.260. The van der Waals surface area contributed by atoms with Crippen molar-refractivity contribution in [2.24, 2.45) is 0 Å². The Bertz CT molecular complexity index is 224. The fraction of sp³-hybridized carbons (Fsp3) is 1.00. The highest BCUT2D eigenvalue weighted by Crippen LogP contribution is 2.08. The van der Waals surface area contributed by atoms with Crippen LogP contribution in [0.5, 0.6) is 0 Å². The van der Waals surface area contributed by atoms with Crippen molar-refractivity contribution in [2.45, 2.75) is 37.7 Å². The van der Waals surface area contributed by atoms with Gasteiger partial charge in [-0.3, -0.25) is 0 Å². The number of thioether (sulfide) groups is 1. The maximum absolute atomic E-state index is 11.3. The molecule has 80 valence electrons. The van der Waals surface area contributed by atoms with E-state index in [0.717, 1.165) is 6.42 Å². The van der Waals surface area contributed by atoms with Crippen LogP contribution in [-0.2, 0) is 10.0 Å². The lowest BCUT2D eigenvalue weighted by Crippen LogP contribution is -2.32. The van der Waals surface area contributed by atoms with Crippen LogP contribution >= 0.6 is 11.8 Å². The molecule has 0 aromatic heterocycles. The molecule has 1 atom stereocenters. The summed E-state index contributed by atoms with van der Waals surface area (Å²) >= 11 is 1.75. The van der Waals surface area contributed by atoms with Gasteiger partial charge in [0.25, 0.3) is 0 Å². The van der Waals surface area contributed by atoms with Crippen LogP contribution in [0.25, 0.3) is 0 Å². The molecule has 13 heavy (non-hydrogen) atoms. The van der Waals surface area contributed by atoms with Gasteiger partial charge in [-0.05, 0) is 26.5 Å². The Morgan fingerprint density at radius 1 is 1.31 bits per heavy atom. The van der Waals surface area contributed by atoms with Crippen molar-refractivity contribution >= 4 is 21.8 Å². The fourth-order valence-corrected chi connectivity index (χ4v) is 1.78. The number of rotatable bonds is 6. The van der Waals surface area contributed by atoms with Crippen molar-refractivity contribution in [1.29, 1.82) is 0 Å². The van der Waals surface area contributed by atoms with Crippen molar-refractivity contribution in [3.05, 3.63) is 0 Å². The highest BCUT2D eigenvalue weighted by Gasteiger charge is 2.14. The van der Waals surface area contributed by atoms with Crippen molar-refractivity contribution in [3.8, 4) is 0 Å². The summed E-state index contributed by atoms with van der Waals surface area (Å²) in [7, 11) is -3.06. The molecule has 0 aromatic carbocycles. The molecular weight excluding hydrogens is 206 g/mol. The first-order valence-corrected chi connectivity index (χ1v) is 7.25. The molecular formula is C8H19NO2S2. The van der Waals surface area contributed by atoms with Gasteiger partial charge in [0.1, 0.15) is 0 Å². The van der Waals surface area contributed by atoms with E-state index in [1.165, 1.54) is 0 Å². The Labute approximate surface area is 85.7 Å². The zero-order chi connectivity index (χ0) is 10.5. The van der Waals surface area contributed by atoms with Gasteiger partial charge >= 0.3 is 0 Å². The average Bonchev–Trinajstić information content (AvgIpc) is 2.03. The van der Waals surface area contributed by atoms with Gasteiger partial charge in [0.15, 0.2) is 0 Å². The summed E-state index contributed by atoms with van der Waals surface area (Å²) in [6.45, 7) is 6.00. The van der Waals surface area contributed by atoms with E-state index in [9.17, 15) is 8.42 Å². The molecule has 1 N–H and O–H groups in total. The summed E-state index contributed by atoms with van der Waals surface area (Å²) < 4.78 is 25.1. The molecule has 0 bridgehead atoms. The van der Waals surface area contributed by atoms with Crippen LogP contribution in [0.2, 0.25) is 0 Å². The average molecular weight is 225 g/mol. The monoisotopic (exact) mass is 225 g/mol. The smallest absolute Gasteiger partial charge is 0.213 e. The van der Waals surface area contributed by atoms with Gasteiger partial charge in [-0.25, -0.2) is 13.1 Å². The van der Waals surface area contributed by atoms with Crippen LogP contribution in [0.1, 0.15) is 27.2 Å². The van der Waals surface area contributed by atoms with Gasteiger partial charge < -0.3 is 0 Å². The van der Waals surface area contributed by atoms with E-state index in [2.05, 4.69) is 11.6 Å². The van der Waals surface area contributed by atoms with E-state index < -0.39 is 10.0 Å². The van der Waals surface area contributed by atoms with Gasteiger partial charge in [-0.1, -0.05) is 6.92 Å². The molecule has 0 radical (unpaired) electrons. The van der Waals surface area contributed by atoms with E-state index in [1.54, 1.807) is 25.6 Å². The molecule has 0 aliphatic carbocycles. The number of hydrogen-bond donors (Lipinski definition) is 1. The minimum Gasteiger partial charge on any atom is -0.215 e. The minimum atomic E-state index is -3.06. The third kappa shape index (κ3) is 5.54. The van der Waals surface area contributed by atoms with Crippen LogP contribution in [0.3, 0.4) is 0 Å². The van der Waals surface area contributed by atoms with Crippen molar-refractivity contribution in [1.82, 2.24) is 4.72 Å². The molecule has 5 heteroatoms. The van der Waals surface area contributed by atoms with E-state index >= 15 is 0 Å². The number of hydrogen-bond acceptors (Lipinski definition) is 3. The highest BCUT2D eigenvalue weighted by atomic mass is 32.2. The molecule has 0 saturated heterocycles. The predicted molar refractivity (Wildman–Crippen MR) is 59.7 cm³/mol. The van der Waals surface area contributed by atoms with Crippen LogP contribution < -0.4 is 4.72 Å². The zero-order valence-corrected chi connectivity index (χ0v) is 10.3. The molecule has 0 aliphatic rings. The summed E-state index contributed by atoms with van der Waals surface area (Å²) in [4.78, 5) is 0. The minimum absolute atomic E-state index is 0.336. The summed E-state index contributed by atoms with van der Waals surface area (Å²) in [6.07, 6.45) is 2.91. The van der Waals surface area contributed by atoms with Crippen LogP contribution in [-0.4, -0.2) is 31.7 Å². The molecule has 0 amide bonds. The van der Waals surface area contributed by atoms with Gasteiger partial charge in [-0.15, -0.1) is 0 Å². The largest absolute Gasteiger partial charge is 0.215 e. The summed E-state index contributed by atoms with van der Waals surface area (Å²) in [5.74, 6) is 0. The maximum Gasteiger partial charge on any atom is 0.213 e. The molecule has 0 rings (SSSR count). The quantitative estimate of drug-likeness (QED) is 0.744. The molecule has 3 nitrogen and oxygen atoms in total. The Kier molecular flexibility index (Phi) is 6.00. The van der Waals surface area contributed by atoms with E-state index in [4.69, 9.17) is 0 Å². The number of sulfonamides is 1. The first kappa shape index (κ1) is 13.3. The second-order valence-electron chi connectivity index (χ2n) is 3.32. The normalized spacial score (nSPS) is 14.8. The highest BCUT2D eigenvalue weighted by molar-refractivity contribution is 7.99. The van der Waals surface area contributed by atoms with Crippen molar-refractivity contribution < 1.29 is 8.42 Å². The van der Waals surface area contributed by atoms with Crippen molar-refractivity contribution in [3.63, 3.8) is 0 Å². The third-order valence-corrected chi connectivity index (χ3v) is 4.77. The third-order valence-electron chi connectivity index (χ3n) is 1.88. The molecule has 0 spiro atoms. The van der Waals surface area contributed by atoms with E-state index in [-0.39, 0.29) is 5.25 Å². The predicted octanol–water partition coefficient (Wildman–Crippen LogP) is 1.46. The van der Waals surface area contributed by atoms with Crippen LogP contribution in [0, 0.1) is 0 Å². The maximum atomic E-state index is 11.3. The Balaban J connectivity index is 3.78. The van der Waals surface area contributed by atoms with Gasteiger partial charge in [0.05, 0.1) is 5.25 Å². The lowest BCUT2D eigenvalue weighted by molar-refractivity contribution is 0.570. The van der Waals surface area contributed by atoms with Gasteiger partial charge in [0, 0.05) is 11.8 Å². The summed E-state index contributed by atoms with van der Waals surface area (Å²) in [5, 5.41) is 0.173. The molecule has 1 unspecified atom stereocenters. The van der Waals surface area contributed by atoms with Crippen LogP contribution in [0.4, 0.5) is 0 Å². The van der Waals surface area contributed by atoms with E-state index in [1.807, 2.05) is 6.26 Å². The standard InChI is InChI=1S/C8H19NO2S2/c1-7(2)13(10,11)9-6-5-8(3)12-4/h7-9H,5-6H2,1-4H3. The number of nitrogens with one attached hydrogen (secondary N) is 1. The SMILES string of the molecule is CSC(C)CCNS(=O)(=O)C(C)C. The van der Waals surface area contributed by atoms with Gasteiger partial charge in [-0.2, -0.15) is 11.8 Å². The second kappa shape index (κ2) is 5.88. The fourth-order valence-electron chi connectivity index (χ4n) is 0.689. The first-order chi connectivity index (χ1) is 5.90. The van der Waals surface area contributed by atoms with Crippen molar-refractivity contribution in [2.75, 3.05) is 12.8 Å². The van der Waals surface area contributed by atoms with E-state index in [0.29, 0.717) is 11.8 Å². The topological polar surface area (TPSA) is 46.2 Å². The molecule has 0 aliphatic heterocycles. The molecule has 0 aromatic rings. The zero-order valence-electron chi connectivity index (χ0n) is 8.70. The molecule has 0 heterocycles.